The van der Waals surface area contributed by atoms with Crippen molar-refractivity contribution in [2.45, 2.75) is 31.1 Å². The summed E-state index contributed by atoms with van der Waals surface area (Å²) in [5.41, 5.74) is 0.691. The summed E-state index contributed by atoms with van der Waals surface area (Å²) in [6.07, 6.45) is 1.35. The molecule has 0 atom stereocenters. The summed E-state index contributed by atoms with van der Waals surface area (Å²) in [5.74, 6) is -0.722. The number of carbonyl (C=O) groups is 1. The summed E-state index contributed by atoms with van der Waals surface area (Å²) in [5, 5.41) is 5.55. The molecule has 6 nitrogen and oxygen atoms in total. The Morgan fingerprint density at radius 3 is 2.50 bits per heavy atom. The number of halogens is 2. The van der Waals surface area contributed by atoms with Gasteiger partial charge in [-0.05, 0) is 44.5 Å². The molecule has 1 aromatic rings. The maximum absolute atomic E-state index is 12.6. The molecule has 1 saturated heterocycles. The summed E-state index contributed by atoms with van der Waals surface area (Å²) >= 11 is 0. The molecular formula is C15H20F2N2O4S. The van der Waals surface area contributed by atoms with E-state index in [4.69, 9.17) is 0 Å². The molecule has 2 N–H and O–H groups in total. The fourth-order valence-corrected chi connectivity index (χ4v) is 4.08. The van der Waals surface area contributed by atoms with Crippen molar-refractivity contribution in [1.82, 2.24) is 5.32 Å². The molecule has 1 fully saturated rings. The van der Waals surface area contributed by atoms with E-state index in [2.05, 4.69) is 15.4 Å². The standard InChI is InChI=1S/C15H20F2N2O4S/c1-10-3-4-11(9-12(10)23-14(16)17)19-13(20)15(24(2,21)22)5-7-18-8-6-15/h3-4,9,14,18H,5-8H2,1-2H3,(H,19,20). The Balaban J connectivity index is 2.27. The Kier molecular flexibility index (Phi) is 5.44. The van der Waals surface area contributed by atoms with Crippen LogP contribution < -0.4 is 15.4 Å². The third-order valence-electron chi connectivity index (χ3n) is 4.20. The minimum atomic E-state index is -3.65. The van der Waals surface area contributed by atoms with Crippen LogP contribution in [-0.4, -0.2) is 45.0 Å². The number of amides is 1. The number of hydrogen-bond donors (Lipinski definition) is 2. The van der Waals surface area contributed by atoms with Crippen LogP contribution in [0.1, 0.15) is 18.4 Å². The number of ether oxygens (including phenoxy) is 1. The average Bonchev–Trinajstić information content (AvgIpc) is 2.49. The lowest BCUT2D eigenvalue weighted by atomic mass is 9.95. The Morgan fingerprint density at radius 1 is 1.33 bits per heavy atom. The van der Waals surface area contributed by atoms with Crippen LogP contribution in [-0.2, 0) is 14.6 Å². The van der Waals surface area contributed by atoms with Crippen molar-refractivity contribution in [3.63, 3.8) is 0 Å². The van der Waals surface area contributed by atoms with Crippen molar-refractivity contribution in [1.29, 1.82) is 0 Å². The van der Waals surface area contributed by atoms with Crippen LogP contribution in [0.4, 0.5) is 14.5 Å². The van der Waals surface area contributed by atoms with Crippen molar-refractivity contribution < 1.29 is 26.7 Å². The zero-order chi connectivity index (χ0) is 18.0. The molecule has 0 aromatic heterocycles. The first-order valence-electron chi connectivity index (χ1n) is 7.43. The fraction of sp³-hybridized carbons (Fsp3) is 0.533. The highest BCUT2D eigenvalue weighted by atomic mass is 32.2. The molecule has 1 amide bonds. The van der Waals surface area contributed by atoms with Crippen molar-refractivity contribution in [3.8, 4) is 5.75 Å². The van der Waals surface area contributed by atoms with Gasteiger partial charge in [0.15, 0.2) is 14.6 Å². The molecule has 134 valence electrons. The molecule has 0 spiro atoms. The second-order valence-corrected chi connectivity index (χ2v) is 8.16. The highest BCUT2D eigenvalue weighted by molar-refractivity contribution is 7.92. The number of aryl methyl sites for hydroxylation is 1. The molecule has 0 radical (unpaired) electrons. The number of hydrogen-bond acceptors (Lipinski definition) is 5. The van der Waals surface area contributed by atoms with E-state index in [1.807, 2.05) is 0 Å². The van der Waals surface area contributed by atoms with E-state index in [1.165, 1.54) is 18.2 Å². The molecule has 1 aliphatic rings. The van der Waals surface area contributed by atoms with Gasteiger partial charge in [-0.25, -0.2) is 8.42 Å². The molecule has 0 unspecified atom stereocenters. The Morgan fingerprint density at radius 2 is 1.96 bits per heavy atom. The van der Waals surface area contributed by atoms with Gasteiger partial charge in [-0.15, -0.1) is 0 Å². The minimum Gasteiger partial charge on any atom is -0.434 e. The zero-order valence-electron chi connectivity index (χ0n) is 13.4. The van der Waals surface area contributed by atoms with Crippen LogP contribution in [0.25, 0.3) is 0 Å². The number of benzene rings is 1. The first kappa shape index (κ1) is 18.6. The summed E-state index contributed by atoms with van der Waals surface area (Å²) in [4.78, 5) is 12.6. The van der Waals surface area contributed by atoms with E-state index in [-0.39, 0.29) is 24.3 Å². The molecule has 0 aliphatic carbocycles. The fourth-order valence-electron chi connectivity index (χ4n) is 2.74. The molecule has 1 aliphatic heterocycles. The normalized spacial score (nSPS) is 17.5. The van der Waals surface area contributed by atoms with Crippen LogP contribution in [0, 0.1) is 6.92 Å². The first-order valence-corrected chi connectivity index (χ1v) is 9.32. The molecule has 0 saturated carbocycles. The number of carbonyl (C=O) groups excluding carboxylic acids is 1. The maximum atomic E-state index is 12.6. The van der Waals surface area contributed by atoms with Gasteiger partial charge in [-0.1, -0.05) is 6.07 Å². The highest BCUT2D eigenvalue weighted by Crippen LogP contribution is 2.31. The quantitative estimate of drug-likeness (QED) is 0.833. The minimum absolute atomic E-state index is 0.0680. The van der Waals surface area contributed by atoms with Gasteiger partial charge in [0.25, 0.3) is 0 Å². The number of piperidine rings is 1. The second kappa shape index (κ2) is 7.02. The third-order valence-corrected chi connectivity index (χ3v) is 6.21. The van der Waals surface area contributed by atoms with Gasteiger partial charge in [0, 0.05) is 18.0 Å². The highest BCUT2D eigenvalue weighted by Gasteiger charge is 2.48. The second-order valence-electron chi connectivity index (χ2n) is 5.83. The lowest BCUT2D eigenvalue weighted by Crippen LogP contribution is -2.55. The zero-order valence-corrected chi connectivity index (χ0v) is 14.3. The van der Waals surface area contributed by atoms with E-state index >= 15 is 0 Å². The van der Waals surface area contributed by atoms with Crippen molar-refractivity contribution >= 4 is 21.4 Å². The summed E-state index contributed by atoms with van der Waals surface area (Å²) in [7, 11) is -3.65. The van der Waals surface area contributed by atoms with Crippen molar-refractivity contribution in [3.05, 3.63) is 23.8 Å². The molecule has 1 aromatic carbocycles. The average molecular weight is 362 g/mol. The van der Waals surface area contributed by atoms with Gasteiger partial charge in [-0.3, -0.25) is 4.79 Å². The predicted molar refractivity (Wildman–Crippen MR) is 86.1 cm³/mol. The van der Waals surface area contributed by atoms with Gasteiger partial charge in [-0.2, -0.15) is 8.78 Å². The lowest BCUT2D eigenvalue weighted by molar-refractivity contribution is -0.119. The van der Waals surface area contributed by atoms with Crippen LogP contribution in [0.2, 0.25) is 0 Å². The summed E-state index contributed by atoms with van der Waals surface area (Å²) in [6.45, 7) is -0.572. The van der Waals surface area contributed by atoms with Gasteiger partial charge in [0.05, 0.1) is 0 Å². The number of alkyl halides is 2. The van der Waals surface area contributed by atoms with Gasteiger partial charge in [0.1, 0.15) is 5.75 Å². The lowest BCUT2D eigenvalue weighted by Gasteiger charge is -2.34. The van der Waals surface area contributed by atoms with Gasteiger partial charge >= 0.3 is 6.61 Å². The van der Waals surface area contributed by atoms with Crippen LogP contribution in [0.3, 0.4) is 0 Å². The molecule has 9 heteroatoms. The van der Waals surface area contributed by atoms with E-state index in [0.29, 0.717) is 18.7 Å². The van der Waals surface area contributed by atoms with Gasteiger partial charge < -0.3 is 15.4 Å². The van der Waals surface area contributed by atoms with E-state index in [1.54, 1.807) is 6.92 Å². The van der Waals surface area contributed by atoms with Crippen LogP contribution >= 0.6 is 0 Å². The molecular weight excluding hydrogens is 342 g/mol. The van der Waals surface area contributed by atoms with E-state index in [9.17, 15) is 22.0 Å². The van der Waals surface area contributed by atoms with E-state index < -0.39 is 27.1 Å². The SMILES string of the molecule is Cc1ccc(NC(=O)C2(S(C)(=O)=O)CCNCC2)cc1OC(F)F. The number of nitrogens with one attached hydrogen (secondary N) is 2. The smallest absolute Gasteiger partial charge is 0.387 e. The summed E-state index contributed by atoms with van der Waals surface area (Å²) in [6, 6.07) is 4.29. The van der Waals surface area contributed by atoms with Crippen LogP contribution in [0.15, 0.2) is 18.2 Å². The molecule has 0 bridgehead atoms. The number of rotatable bonds is 5. The monoisotopic (exact) mass is 362 g/mol. The maximum Gasteiger partial charge on any atom is 0.387 e. The number of sulfone groups is 1. The first-order chi connectivity index (χ1) is 11.2. The summed E-state index contributed by atoms with van der Waals surface area (Å²) < 4.78 is 52.1. The van der Waals surface area contributed by atoms with Gasteiger partial charge in [0.2, 0.25) is 5.91 Å². The molecule has 1 heterocycles. The molecule has 24 heavy (non-hydrogen) atoms. The Hall–Kier alpha value is -1.74. The van der Waals surface area contributed by atoms with Crippen molar-refractivity contribution in [2.75, 3.05) is 24.7 Å². The largest absolute Gasteiger partial charge is 0.434 e. The Bertz CT molecular complexity index is 716. The van der Waals surface area contributed by atoms with E-state index in [0.717, 1.165) is 6.26 Å². The van der Waals surface area contributed by atoms with Crippen LogP contribution in [0.5, 0.6) is 5.75 Å². The number of anilines is 1. The predicted octanol–water partition coefficient (Wildman–Crippen LogP) is 1.70. The molecule has 2 rings (SSSR count). The Labute approximate surface area is 139 Å². The van der Waals surface area contributed by atoms with Crippen molar-refractivity contribution in [2.24, 2.45) is 0 Å². The topological polar surface area (TPSA) is 84.5 Å². The third kappa shape index (κ3) is 3.84.